The third-order valence-electron chi connectivity index (χ3n) is 4.99. The van der Waals surface area contributed by atoms with Gasteiger partial charge in [0, 0.05) is 17.0 Å². The number of hydrogen-bond donors (Lipinski definition) is 1. The fourth-order valence-corrected chi connectivity index (χ4v) is 4.27. The largest absolute Gasteiger partial charge is 0.497 e. The molecule has 7 nitrogen and oxygen atoms in total. The van der Waals surface area contributed by atoms with Crippen LogP contribution in [-0.2, 0) is 4.74 Å². The predicted molar refractivity (Wildman–Crippen MR) is 125 cm³/mol. The minimum absolute atomic E-state index is 0.412. The Morgan fingerprint density at radius 3 is 2.53 bits per heavy atom. The zero-order valence-electron chi connectivity index (χ0n) is 18.5. The Kier molecular flexibility index (Phi) is 5.96. The van der Waals surface area contributed by atoms with Crippen molar-refractivity contribution < 1.29 is 18.7 Å². The van der Waals surface area contributed by atoms with E-state index in [1.54, 1.807) is 14.0 Å². The number of nitrogens with one attached hydrogen (secondary N) is 1. The summed E-state index contributed by atoms with van der Waals surface area (Å²) < 4.78 is 16.3. The molecule has 2 aromatic carbocycles. The minimum Gasteiger partial charge on any atom is -0.497 e. The molecule has 0 spiro atoms. The summed E-state index contributed by atoms with van der Waals surface area (Å²) in [5.74, 6) is 1.04. The van der Waals surface area contributed by atoms with Gasteiger partial charge in [0.15, 0.2) is 0 Å². The number of nitrogens with zero attached hydrogens (tertiary/aromatic N) is 2. The van der Waals surface area contributed by atoms with Gasteiger partial charge in [-0.05, 0) is 62.2 Å². The summed E-state index contributed by atoms with van der Waals surface area (Å²) >= 11 is 1.20. The normalized spacial score (nSPS) is 11.6. The quantitative estimate of drug-likeness (QED) is 0.333. The number of anilines is 1. The molecule has 4 rings (SSSR count). The summed E-state index contributed by atoms with van der Waals surface area (Å²) in [6.45, 7) is 5.81. The van der Waals surface area contributed by atoms with Crippen molar-refractivity contribution in [2.75, 3.05) is 19.6 Å². The van der Waals surface area contributed by atoms with E-state index in [0.717, 1.165) is 33.4 Å². The van der Waals surface area contributed by atoms with E-state index in [9.17, 15) is 4.79 Å². The number of methoxy groups -OCH3 is 2. The lowest BCUT2D eigenvalue weighted by atomic mass is 10.1. The molecule has 0 fully saturated rings. The van der Waals surface area contributed by atoms with Crippen LogP contribution in [0.3, 0.4) is 0 Å². The Hall–Kier alpha value is -3.65. The first-order valence-corrected chi connectivity index (χ1v) is 10.8. The molecule has 1 N–H and O–H groups in total. The van der Waals surface area contributed by atoms with Gasteiger partial charge in [0.2, 0.25) is 5.13 Å². The van der Waals surface area contributed by atoms with Crippen molar-refractivity contribution in [1.82, 2.24) is 4.98 Å². The van der Waals surface area contributed by atoms with E-state index >= 15 is 0 Å². The second-order valence-corrected chi connectivity index (χ2v) is 8.33. The first-order chi connectivity index (χ1) is 15.4. The molecule has 8 heteroatoms. The molecule has 0 aliphatic carbocycles. The van der Waals surface area contributed by atoms with Gasteiger partial charge >= 0.3 is 5.97 Å². The molecule has 0 saturated carbocycles. The summed E-state index contributed by atoms with van der Waals surface area (Å²) in [4.78, 5) is 16.7. The highest BCUT2D eigenvalue weighted by Crippen LogP contribution is 2.27. The van der Waals surface area contributed by atoms with Gasteiger partial charge in [0.1, 0.15) is 22.0 Å². The standard InChI is InChI=1S/C24H23N3O4S/c1-13-10-14(2)21-18(11-13)19(12-20(31-21)16-6-8-17(29-4)9-7-16)26-27-24-25-15(3)22(32-24)23(28)30-5/h6-12H,1-5H3,(H,25,27)/b26-19+. The molecule has 2 heterocycles. The Morgan fingerprint density at radius 2 is 1.84 bits per heavy atom. The van der Waals surface area contributed by atoms with Crippen molar-refractivity contribution in [1.29, 1.82) is 0 Å². The number of hydrogen-bond acceptors (Lipinski definition) is 8. The van der Waals surface area contributed by atoms with Crippen LogP contribution >= 0.6 is 11.3 Å². The average Bonchev–Trinajstić information content (AvgIpc) is 3.17. The van der Waals surface area contributed by atoms with Gasteiger partial charge in [0.25, 0.3) is 0 Å². The molecule has 4 aromatic rings. The van der Waals surface area contributed by atoms with E-state index in [1.807, 2.05) is 50.2 Å². The highest BCUT2D eigenvalue weighted by atomic mass is 32.1. The van der Waals surface area contributed by atoms with Crippen molar-refractivity contribution in [2.45, 2.75) is 20.8 Å². The molecule has 0 radical (unpaired) electrons. The number of aryl methyl sites for hydroxylation is 3. The molecule has 0 atom stereocenters. The van der Waals surface area contributed by atoms with Gasteiger partial charge in [-0.2, -0.15) is 5.10 Å². The number of benzene rings is 2. The fraction of sp³-hybridized carbons (Fsp3) is 0.208. The third kappa shape index (κ3) is 4.22. The van der Waals surface area contributed by atoms with Gasteiger partial charge in [-0.15, -0.1) is 0 Å². The van der Waals surface area contributed by atoms with Gasteiger partial charge in [-0.25, -0.2) is 9.78 Å². The molecule has 0 bridgehead atoms. The van der Waals surface area contributed by atoms with Gasteiger partial charge in [0.05, 0.1) is 25.3 Å². The summed E-state index contributed by atoms with van der Waals surface area (Å²) in [7, 11) is 2.99. The fourth-order valence-electron chi connectivity index (χ4n) is 3.45. The monoisotopic (exact) mass is 449 g/mol. The average molecular weight is 450 g/mol. The summed E-state index contributed by atoms with van der Waals surface area (Å²) in [5, 5.41) is 6.70. The number of carbonyl (C=O) groups excluding carboxylic acids is 1. The van der Waals surface area contributed by atoms with Gasteiger partial charge in [-0.1, -0.05) is 17.4 Å². The molecule has 0 unspecified atom stereocenters. The minimum atomic E-state index is -0.412. The number of aromatic nitrogens is 1. The molecule has 0 amide bonds. The maximum Gasteiger partial charge on any atom is 0.350 e. The zero-order chi connectivity index (χ0) is 22.8. The van der Waals surface area contributed by atoms with Crippen LogP contribution < -0.4 is 15.5 Å². The lowest BCUT2D eigenvalue weighted by molar-refractivity contribution is 0.0605. The van der Waals surface area contributed by atoms with Crippen LogP contribution in [0, 0.1) is 20.8 Å². The number of thiazole rings is 1. The molecule has 2 aromatic heterocycles. The van der Waals surface area contributed by atoms with Gasteiger partial charge in [-0.3, -0.25) is 5.43 Å². The van der Waals surface area contributed by atoms with Crippen molar-refractivity contribution in [3.8, 4) is 17.1 Å². The van der Waals surface area contributed by atoms with Crippen molar-refractivity contribution in [2.24, 2.45) is 5.10 Å². The van der Waals surface area contributed by atoms with E-state index in [4.69, 9.17) is 13.9 Å². The lowest BCUT2D eigenvalue weighted by Crippen LogP contribution is -2.08. The molecule has 0 saturated heterocycles. The van der Waals surface area contributed by atoms with Crippen LogP contribution in [0.15, 0.2) is 52.0 Å². The number of esters is 1. The van der Waals surface area contributed by atoms with Crippen LogP contribution in [0.1, 0.15) is 26.5 Å². The van der Waals surface area contributed by atoms with Gasteiger partial charge < -0.3 is 13.9 Å². The maximum absolute atomic E-state index is 11.9. The number of rotatable bonds is 5. The van der Waals surface area contributed by atoms with Crippen LogP contribution in [-0.4, -0.2) is 25.2 Å². The van der Waals surface area contributed by atoms with Crippen molar-refractivity contribution >= 4 is 33.4 Å². The first-order valence-electron chi connectivity index (χ1n) is 9.94. The topological polar surface area (TPSA) is 86.0 Å². The molecular formula is C24H23N3O4S. The molecular weight excluding hydrogens is 426 g/mol. The molecule has 0 aliphatic rings. The Labute approximate surface area is 189 Å². The van der Waals surface area contributed by atoms with E-state index in [-0.39, 0.29) is 0 Å². The van der Waals surface area contributed by atoms with Crippen molar-refractivity contribution in [3.63, 3.8) is 0 Å². The second-order valence-electron chi connectivity index (χ2n) is 7.33. The number of carbonyl (C=O) groups is 1. The smallest absolute Gasteiger partial charge is 0.350 e. The highest BCUT2D eigenvalue weighted by molar-refractivity contribution is 7.17. The van der Waals surface area contributed by atoms with E-state index < -0.39 is 5.97 Å². The Morgan fingerprint density at radius 1 is 1.09 bits per heavy atom. The highest BCUT2D eigenvalue weighted by Gasteiger charge is 2.15. The van der Waals surface area contributed by atoms with Crippen molar-refractivity contribution in [3.05, 3.63) is 69.5 Å². The van der Waals surface area contributed by atoms with Crippen LogP contribution in [0.25, 0.3) is 22.3 Å². The predicted octanol–water partition coefficient (Wildman–Crippen LogP) is 5.20. The first kappa shape index (κ1) is 21.6. The molecule has 164 valence electrons. The van der Waals surface area contributed by atoms with Crippen LogP contribution in [0.2, 0.25) is 0 Å². The maximum atomic E-state index is 11.9. The third-order valence-corrected chi connectivity index (χ3v) is 6.03. The van der Waals surface area contributed by atoms with Crippen LogP contribution in [0.4, 0.5) is 5.13 Å². The number of ether oxygens (including phenoxy) is 2. The summed E-state index contributed by atoms with van der Waals surface area (Å²) in [6.07, 6.45) is 0. The summed E-state index contributed by atoms with van der Waals surface area (Å²) in [5.41, 5.74) is 7.38. The molecule has 32 heavy (non-hydrogen) atoms. The van der Waals surface area contributed by atoms with E-state index in [1.165, 1.54) is 18.4 Å². The SMILES string of the molecule is COC(=O)c1sc(N/N=c2\cc(-c3ccc(OC)cc3)oc3c(C)cc(C)cc23)nc1C. The van der Waals surface area contributed by atoms with Crippen LogP contribution in [0.5, 0.6) is 5.75 Å². The summed E-state index contributed by atoms with van der Waals surface area (Å²) in [6, 6.07) is 13.7. The Bertz CT molecular complexity index is 1370. The zero-order valence-corrected chi connectivity index (χ0v) is 19.3. The Balaban J connectivity index is 1.84. The number of fused-ring (bicyclic) bond motifs is 1. The van der Waals surface area contributed by atoms with E-state index in [2.05, 4.69) is 21.6 Å². The van der Waals surface area contributed by atoms with E-state index in [0.29, 0.717) is 26.8 Å². The molecule has 0 aliphatic heterocycles. The second kappa shape index (κ2) is 8.84. The lowest BCUT2D eigenvalue weighted by Gasteiger charge is -2.09.